The molecule has 2 aliphatic carbocycles. The number of carbonyl (C=O) groups excluding carboxylic acids is 2. The molecule has 11 heteroatoms. The number of nitrogens with one attached hydrogen (secondary N) is 2. The number of amides is 2. The Kier molecular flexibility index (Phi) is 8.27. The molecule has 5 rings (SSSR count). The lowest BCUT2D eigenvalue weighted by Gasteiger charge is -2.27. The highest BCUT2D eigenvalue weighted by Crippen LogP contribution is 2.40. The van der Waals surface area contributed by atoms with Crippen LogP contribution >= 0.6 is 0 Å². The smallest absolute Gasteiger partial charge is 0.353 e. The summed E-state index contributed by atoms with van der Waals surface area (Å²) in [5, 5.41) is 14.8. The number of alkyl halides is 3. The SMILES string of the molecule is Cc1cnn(CCC(CC(=O)NC2CCC2)NC(=O)c2cc(-c3ccccc3C(F)(F)F)n(C3CCCC3)n2)c1. The summed E-state index contributed by atoms with van der Waals surface area (Å²) in [5.74, 6) is -0.650. The fraction of sp³-hybridized carbons (Fsp3) is 0.517. The fourth-order valence-electron chi connectivity index (χ4n) is 5.51. The molecule has 2 heterocycles. The monoisotopic (exact) mass is 556 g/mol. The van der Waals surface area contributed by atoms with Crippen LogP contribution in [0, 0.1) is 6.92 Å². The number of benzene rings is 1. The number of nitrogens with zero attached hydrogens (tertiary/aromatic N) is 4. The molecule has 0 bridgehead atoms. The maximum atomic E-state index is 13.9. The highest BCUT2D eigenvalue weighted by Gasteiger charge is 2.35. The summed E-state index contributed by atoms with van der Waals surface area (Å²) in [6.07, 6.45) is 6.12. The van der Waals surface area contributed by atoms with Crippen molar-refractivity contribution >= 4 is 11.8 Å². The zero-order valence-corrected chi connectivity index (χ0v) is 22.6. The highest BCUT2D eigenvalue weighted by molar-refractivity contribution is 5.94. The van der Waals surface area contributed by atoms with Crippen molar-refractivity contribution < 1.29 is 22.8 Å². The second kappa shape index (κ2) is 11.9. The molecule has 3 aromatic rings. The van der Waals surface area contributed by atoms with E-state index in [4.69, 9.17) is 0 Å². The first-order valence-corrected chi connectivity index (χ1v) is 14.0. The molecule has 2 fully saturated rings. The van der Waals surface area contributed by atoms with Crippen molar-refractivity contribution in [3.8, 4) is 11.3 Å². The maximum Gasteiger partial charge on any atom is 0.417 e. The van der Waals surface area contributed by atoms with Crippen LogP contribution in [0.3, 0.4) is 0 Å². The van der Waals surface area contributed by atoms with E-state index in [-0.39, 0.29) is 41.4 Å². The summed E-state index contributed by atoms with van der Waals surface area (Å²) in [4.78, 5) is 26.2. The molecule has 0 spiro atoms. The Morgan fingerprint density at radius 1 is 1.10 bits per heavy atom. The van der Waals surface area contributed by atoms with Gasteiger partial charge in [-0.1, -0.05) is 31.0 Å². The number of rotatable bonds is 10. The molecular formula is C29H35F3N6O2. The van der Waals surface area contributed by atoms with Crippen LogP contribution in [0.25, 0.3) is 11.3 Å². The van der Waals surface area contributed by atoms with E-state index in [1.807, 2.05) is 13.1 Å². The van der Waals surface area contributed by atoms with Crippen molar-refractivity contribution in [1.82, 2.24) is 30.2 Å². The van der Waals surface area contributed by atoms with Crippen LogP contribution in [-0.4, -0.2) is 43.5 Å². The van der Waals surface area contributed by atoms with Crippen LogP contribution in [0.2, 0.25) is 0 Å². The predicted octanol–water partition coefficient (Wildman–Crippen LogP) is 5.44. The van der Waals surface area contributed by atoms with E-state index in [9.17, 15) is 22.8 Å². The topological polar surface area (TPSA) is 93.8 Å². The van der Waals surface area contributed by atoms with Crippen LogP contribution < -0.4 is 10.6 Å². The number of hydrogen-bond donors (Lipinski definition) is 2. The van der Waals surface area contributed by atoms with Crippen molar-refractivity contribution in [2.45, 2.75) is 95.6 Å². The summed E-state index contributed by atoms with van der Waals surface area (Å²) in [6, 6.07) is 6.43. The van der Waals surface area contributed by atoms with E-state index in [0.29, 0.717) is 13.0 Å². The fourth-order valence-corrected chi connectivity index (χ4v) is 5.51. The molecule has 1 aromatic carbocycles. The van der Waals surface area contributed by atoms with E-state index in [1.165, 1.54) is 18.2 Å². The Balaban J connectivity index is 1.39. The Morgan fingerprint density at radius 3 is 2.50 bits per heavy atom. The van der Waals surface area contributed by atoms with Gasteiger partial charge < -0.3 is 10.6 Å². The Morgan fingerprint density at radius 2 is 1.85 bits per heavy atom. The largest absolute Gasteiger partial charge is 0.417 e. The minimum Gasteiger partial charge on any atom is -0.353 e. The van der Waals surface area contributed by atoms with Crippen LogP contribution in [0.1, 0.15) is 85.4 Å². The average Bonchev–Trinajstić information content (AvgIpc) is 3.65. The van der Waals surface area contributed by atoms with Gasteiger partial charge in [-0.3, -0.25) is 19.0 Å². The molecule has 1 atom stereocenters. The summed E-state index contributed by atoms with van der Waals surface area (Å²) in [7, 11) is 0. The first-order chi connectivity index (χ1) is 19.2. The van der Waals surface area contributed by atoms with Gasteiger partial charge in [-0.15, -0.1) is 0 Å². The molecule has 0 radical (unpaired) electrons. The zero-order valence-electron chi connectivity index (χ0n) is 22.6. The third kappa shape index (κ3) is 6.56. The van der Waals surface area contributed by atoms with Crippen molar-refractivity contribution in [2.24, 2.45) is 0 Å². The van der Waals surface area contributed by atoms with Crippen molar-refractivity contribution in [3.05, 3.63) is 59.5 Å². The molecule has 214 valence electrons. The summed E-state index contributed by atoms with van der Waals surface area (Å²) in [5.41, 5.74) is 0.557. The van der Waals surface area contributed by atoms with E-state index < -0.39 is 23.7 Å². The maximum absolute atomic E-state index is 13.9. The lowest BCUT2D eigenvalue weighted by atomic mass is 9.93. The van der Waals surface area contributed by atoms with Crippen LogP contribution in [0.15, 0.2) is 42.7 Å². The Bertz CT molecular complexity index is 1340. The second-order valence-corrected chi connectivity index (χ2v) is 11.0. The van der Waals surface area contributed by atoms with E-state index in [1.54, 1.807) is 21.6 Å². The van der Waals surface area contributed by atoms with Gasteiger partial charge in [-0.2, -0.15) is 23.4 Å². The second-order valence-electron chi connectivity index (χ2n) is 11.0. The number of hydrogen-bond acceptors (Lipinski definition) is 4. The van der Waals surface area contributed by atoms with E-state index in [2.05, 4.69) is 20.8 Å². The minimum absolute atomic E-state index is 0.000992. The van der Waals surface area contributed by atoms with E-state index in [0.717, 1.165) is 56.6 Å². The standard InChI is InChI=1S/C29H35F3N6O2/c1-19-17-33-37(18-19)14-13-21(15-27(39)34-20-7-6-8-20)35-28(40)25-16-26(38(36-25)22-9-2-3-10-22)23-11-4-5-12-24(23)29(30,31)32/h4-5,11-12,16-18,20-22H,2-3,6-10,13-15H2,1H3,(H,34,39)(H,35,40). The summed E-state index contributed by atoms with van der Waals surface area (Å²) in [6.45, 7) is 2.43. The molecule has 8 nitrogen and oxygen atoms in total. The van der Waals surface area contributed by atoms with Crippen molar-refractivity contribution in [3.63, 3.8) is 0 Å². The molecule has 2 N–H and O–H groups in total. The van der Waals surface area contributed by atoms with Gasteiger partial charge in [0, 0.05) is 36.8 Å². The molecule has 40 heavy (non-hydrogen) atoms. The minimum atomic E-state index is -4.55. The molecule has 1 unspecified atom stereocenters. The normalized spacial score (nSPS) is 17.0. The van der Waals surface area contributed by atoms with Gasteiger partial charge in [0.2, 0.25) is 5.91 Å². The highest BCUT2D eigenvalue weighted by atomic mass is 19.4. The first-order valence-electron chi connectivity index (χ1n) is 14.0. The van der Waals surface area contributed by atoms with Crippen LogP contribution in [0.5, 0.6) is 0 Å². The molecule has 0 saturated heterocycles. The molecule has 2 saturated carbocycles. The van der Waals surface area contributed by atoms with Crippen molar-refractivity contribution in [2.75, 3.05) is 0 Å². The lowest BCUT2D eigenvalue weighted by Crippen LogP contribution is -2.44. The van der Waals surface area contributed by atoms with E-state index >= 15 is 0 Å². The third-order valence-corrected chi connectivity index (χ3v) is 7.85. The zero-order chi connectivity index (χ0) is 28.3. The number of aromatic nitrogens is 4. The first kappa shape index (κ1) is 27.9. The Labute approximate surface area is 231 Å². The molecule has 2 aliphatic rings. The van der Waals surface area contributed by atoms with Gasteiger partial charge in [0.1, 0.15) is 0 Å². The average molecular weight is 557 g/mol. The quantitative estimate of drug-likeness (QED) is 0.348. The molecule has 2 aromatic heterocycles. The molecular weight excluding hydrogens is 521 g/mol. The number of halogens is 3. The van der Waals surface area contributed by atoms with Gasteiger partial charge >= 0.3 is 6.18 Å². The van der Waals surface area contributed by atoms with Gasteiger partial charge in [0.25, 0.3) is 5.91 Å². The van der Waals surface area contributed by atoms with Gasteiger partial charge in [0.05, 0.1) is 23.5 Å². The lowest BCUT2D eigenvalue weighted by molar-refractivity contribution is -0.137. The van der Waals surface area contributed by atoms with Crippen LogP contribution in [-0.2, 0) is 17.5 Å². The Hall–Kier alpha value is -3.63. The predicted molar refractivity (Wildman–Crippen MR) is 143 cm³/mol. The number of aryl methyl sites for hydroxylation is 2. The van der Waals surface area contributed by atoms with Crippen LogP contribution in [0.4, 0.5) is 13.2 Å². The van der Waals surface area contributed by atoms with Gasteiger partial charge in [0.15, 0.2) is 5.69 Å². The van der Waals surface area contributed by atoms with Crippen molar-refractivity contribution in [1.29, 1.82) is 0 Å². The molecule has 2 amide bonds. The third-order valence-electron chi connectivity index (χ3n) is 7.85. The van der Waals surface area contributed by atoms with Gasteiger partial charge in [-0.05, 0) is 63.1 Å². The van der Waals surface area contributed by atoms with Gasteiger partial charge in [-0.25, -0.2) is 0 Å². The molecule has 0 aliphatic heterocycles. The summed E-state index contributed by atoms with van der Waals surface area (Å²) < 4.78 is 45.0. The number of carbonyl (C=O) groups is 2. The summed E-state index contributed by atoms with van der Waals surface area (Å²) >= 11 is 0.